The molecule has 10 nitrogen and oxygen atoms in total. The van der Waals surface area contributed by atoms with Gasteiger partial charge in [0.25, 0.3) is 0 Å². The zero-order valence-electron chi connectivity index (χ0n) is 29.0. The van der Waals surface area contributed by atoms with E-state index in [0.717, 1.165) is 31.9 Å². The number of aliphatic imine (C=N–C) groups is 1. The van der Waals surface area contributed by atoms with Crippen LogP contribution in [0.25, 0.3) is 0 Å². The maximum atomic E-state index is 13.9. The van der Waals surface area contributed by atoms with Crippen molar-refractivity contribution in [2.24, 2.45) is 10.9 Å². The van der Waals surface area contributed by atoms with Gasteiger partial charge in [-0.2, -0.15) is 4.72 Å². The van der Waals surface area contributed by atoms with Crippen LogP contribution in [0.5, 0.6) is 0 Å². The number of hydrogen-bond acceptors (Lipinski definition) is 8. The van der Waals surface area contributed by atoms with Gasteiger partial charge in [0.05, 0.1) is 5.02 Å². The van der Waals surface area contributed by atoms with Crippen LogP contribution in [0.2, 0.25) is 10.0 Å². The minimum absolute atomic E-state index is 0.0444. The number of piperazine rings is 2. The molecule has 5 rings (SSSR count). The Morgan fingerprint density at radius 3 is 2.38 bits per heavy atom. The van der Waals surface area contributed by atoms with Crippen molar-refractivity contribution in [3.8, 4) is 0 Å². The summed E-state index contributed by atoms with van der Waals surface area (Å²) in [6, 6.07) is 3.82. The summed E-state index contributed by atoms with van der Waals surface area (Å²) in [6.07, 6.45) is 9.89. The highest BCUT2D eigenvalue weighted by Crippen LogP contribution is 2.35. The number of nitrogens with one attached hydrogen (secondary N) is 2. The molecule has 0 bridgehead atoms. The summed E-state index contributed by atoms with van der Waals surface area (Å²) in [5.41, 5.74) is -0.187. The zero-order valence-corrected chi connectivity index (χ0v) is 31.4. The van der Waals surface area contributed by atoms with Gasteiger partial charge >= 0.3 is 0 Å². The van der Waals surface area contributed by atoms with Crippen LogP contribution < -0.4 is 10.0 Å². The van der Waals surface area contributed by atoms with Gasteiger partial charge in [-0.15, -0.1) is 0 Å². The van der Waals surface area contributed by atoms with Crippen molar-refractivity contribution in [1.82, 2.24) is 24.7 Å². The number of allylic oxidation sites excluding steroid dienone is 3. The van der Waals surface area contributed by atoms with Crippen molar-refractivity contribution in [3.63, 3.8) is 0 Å². The molecule has 0 saturated carbocycles. The largest absolute Gasteiger partial charge is 0.491 e. The molecule has 1 aromatic carbocycles. The molecule has 3 heterocycles. The number of carbonyl (C=O) groups is 1. The Morgan fingerprint density at radius 2 is 1.71 bits per heavy atom. The molecule has 6 atom stereocenters. The van der Waals surface area contributed by atoms with Crippen LogP contribution in [0.4, 0.5) is 0 Å². The number of dihydropyridines is 1. The van der Waals surface area contributed by atoms with E-state index in [4.69, 9.17) is 32.9 Å². The van der Waals surface area contributed by atoms with Crippen molar-refractivity contribution < 1.29 is 17.9 Å². The van der Waals surface area contributed by atoms with E-state index in [1.54, 1.807) is 18.7 Å². The summed E-state index contributed by atoms with van der Waals surface area (Å²) >= 11 is 13.2. The molecule has 2 fully saturated rings. The van der Waals surface area contributed by atoms with Crippen molar-refractivity contribution in [2.45, 2.75) is 95.7 Å². The Balaban J connectivity index is 1.23. The van der Waals surface area contributed by atoms with Gasteiger partial charge < -0.3 is 15.0 Å². The SMILES string of the molecule is CC1=NC2C(OCc3c(Cl)ccc(S(=O)(=O)NC(C)(C)C(=O)N4CC(C)N(CCN5CC(C)NC(C)C5)C(C)C4)c3Cl)=CC=CC2C=C1. The Kier molecular flexibility index (Phi) is 11.5. The molecule has 48 heavy (non-hydrogen) atoms. The van der Waals surface area contributed by atoms with Gasteiger partial charge in [0.1, 0.15) is 28.8 Å². The lowest BCUT2D eigenvalue weighted by molar-refractivity contribution is -0.141. The monoisotopic (exact) mass is 720 g/mol. The second kappa shape index (κ2) is 14.9. The topological polar surface area (TPSA) is 107 Å². The summed E-state index contributed by atoms with van der Waals surface area (Å²) in [7, 11) is -4.23. The summed E-state index contributed by atoms with van der Waals surface area (Å²) in [4.78, 5) is 25.2. The molecule has 4 aliphatic rings. The van der Waals surface area contributed by atoms with E-state index in [9.17, 15) is 13.2 Å². The van der Waals surface area contributed by atoms with Gasteiger partial charge in [-0.05, 0) is 72.8 Å². The van der Waals surface area contributed by atoms with Crippen molar-refractivity contribution >= 4 is 44.8 Å². The smallest absolute Gasteiger partial charge is 0.243 e. The number of halogens is 2. The van der Waals surface area contributed by atoms with E-state index in [0.29, 0.717) is 36.5 Å². The molecule has 3 aliphatic heterocycles. The number of carbonyl (C=O) groups excluding carboxylic acids is 1. The first-order chi connectivity index (χ1) is 22.6. The van der Waals surface area contributed by atoms with Crippen molar-refractivity contribution in [1.29, 1.82) is 0 Å². The van der Waals surface area contributed by atoms with Gasteiger partial charge in [-0.25, -0.2) is 8.42 Å². The van der Waals surface area contributed by atoms with E-state index in [-0.39, 0.29) is 51.5 Å². The molecule has 1 amide bonds. The summed E-state index contributed by atoms with van der Waals surface area (Å²) < 4.78 is 36.4. The lowest BCUT2D eigenvalue weighted by atomic mass is 9.91. The van der Waals surface area contributed by atoms with E-state index in [1.165, 1.54) is 12.1 Å². The minimum atomic E-state index is -4.23. The molecular formula is C35H50Cl2N6O4S. The van der Waals surface area contributed by atoms with Crippen molar-refractivity contribution in [3.05, 3.63) is 63.9 Å². The molecule has 2 N–H and O–H groups in total. The molecule has 13 heteroatoms. The molecule has 0 spiro atoms. The molecule has 6 unspecified atom stereocenters. The highest BCUT2D eigenvalue weighted by Gasteiger charge is 2.41. The van der Waals surface area contributed by atoms with Crippen LogP contribution in [0, 0.1) is 5.92 Å². The number of rotatable bonds is 10. The number of nitrogens with zero attached hydrogens (tertiary/aromatic N) is 4. The Bertz CT molecular complexity index is 1590. The van der Waals surface area contributed by atoms with Crippen molar-refractivity contribution in [2.75, 3.05) is 39.3 Å². The fraction of sp³-hybridized carbons (Fsp3) is 0.600. The standard InChI is InChI=1S/C35H50Cl2N6O4S/c1-22-11-12-27-9-8-10-30(33(27)39-22)47-21-28-29(36)13-14-31(32(28)37)48(45,46)40-35(6,7)34(44)42-19-25(4)43(26(5)20-42)16-15-41-17-23(2)38-24(3)18-41/h8-14,23-27,33,38,40H,15-21H2,1-7H3. The number of sulfonamides is 1. The minimum Gasteiger partial charge on any atom is -0.491 e. The van der Waals surface area contributed by atoms with Gasteiger partial charge in [0.2, 0.25) is 15.9 Å². The molecule has 0 radical (unpaired) electrons. The summed E-state index contributed by atoms with van der Waals surface area (Å²) in [5, 5.41) is 3.82. The number of ether oxygens (including phenoxy) is 1. The summed E-state index contributed by atoms with van der Waals surface area (Å²) in [6.45, 7) is 18.7. The van der Waals surface area contributed by atoms with Gasteiger partial charge in [-0.3, -0.25) is 19.6 Å². The lowest BCUT2D eigenvalue weighted by Gasteiger charge is -2.47. The quantitative estimate of drug-likeness (QED) is 0.363. The average Bonchev–Trinajstić information content (AvgIpc) is 2.99. The normalized spacial score (nSPS) is 28.6. The van der Waals surface area contributed by atoms with Crippen LogP contribution >= 0.6 is 23.2 Å². The second-order valence-electron chi connectivity index (χ2n) is 14.3. The van der Waals surface area contributed by atoms with E-state index >= 15 is 0 Å². The second-order valence-corrected chi connectivity index (χ2v) is 16.8. The van der Waals surface area contributed by atoms with Crippen LogP contribution in [0.15, 0.2) is 58.2 Å². The van der Waals surface area contributed by atoms with Crippen LogP contribution in [-0.4, -0.2) is 110 Å². The first kappa shape index (κ1) is 37.0. The number of benzene rings is 1. The van der Waals surface area contributed by atoms with Crippen LogP contribution in [-0.2, 0) is 26.2 Å². The van der Waals surface area contributed by atoms with Gasteiger partial charge in [-0.1, -0.05) is 41.4 Å². The molecular weight excluding hydrogens is 671 g/mol. The van der Waals surface area contributed by atoms with E-state index in [1.807, 2.05) is 25.2 Å². The first-order valence-electron chi connectivity index (χ1n) is 16.8. The van der Waals surface area contributed by atoms with Gasteiger partial charge in [0.15, 0.2) is 0 Å². The third-order valence-corrected chi connectivity index (χ3v) is 12.2. The highest BCUT2D eigenvalue weighted by atomic mass is 35.5. The van der Waals surface area contributed by atoms with E-state index in [2.05, 4.69) is 59.7 Å². The third-order valence-electron chi connectivity index (χ3n) is 9.60. The first-order valence-corrected chi connectivity index (χ1v) is 19.1. The van der Waals surface area contributed by atoms with Crippen LogP contribution in [0.3, 0.4) is 0 Å². The zero-order chi connectivity index (χ0) is 35.0. The maximum absolute atomic E-state index is 13.9. The van der Waals surface area contributed by atoms with Crippen LogP contribution in [0.1, 0.15) is 54.0 Å². The molecule has 0 aromatic heterocycles. The number of hydrogen-bond donors (Lipinski definition) is 2. The fourth-order valence-corrected chi connectivity index (χ4v) is 9.64. The van der Waals surface area contributed by atoms with Gasteiger partial charge in [0, 0.05) is 85.7 Å². The number of fused-ring (bicyclic) bond motifs is 1. The molecule has 1 aromatic rings. The molecule has 1 aliphatic carbocycles. The lowest BCUT2D eigenvalue weighted by Crippen LogP contribution is -2.64. The Labute approximate surface area is 296 Å². The fourth-order valence-electron chi connectivity index (χ4n) is 7.38. The predicted molar refractivity (Wildman–Crippen MR) is 193 cm³/mol. The number of amides is 1. The average molecular weight is 722 g/mol. The Morgan fingerprint density at radius 1 is 1.04 bits per heavy atom. The predicted octanol–water partition coefficient (Wildman–Crippen LogP) is 4.64. The highest BCUT2D eigenvalue weighted by molar-refractivity contribution is 7.89. The molecule has 264 valence electrons. The molecule has 2 saturated heterocycles. The summed E-state index contributed by atoms with van der Waals surface area (Å²) in [5.74, 6) is 0.439. The van der Waals surface area contributed by atoms with E-state index < -0.39 is 15.6 Å². The maximum Gasteiger partial charge on any atom is 0.243 e. The Hall–Kier alpha value is -2.25. The third kappa shape index (κ3) is 8.37.